The molecule has 2 aliphatic rings. The van der Waals surface area contributed by atoms with Crippen molar-refractivity contribution < 1.29 is 0 Å². The average molecular weight is 1100 g/mol. The summed E-state index contributed by atoms with van der Waals surface area (Å²) in [6.45, 7) is 33.0. The summed E-state index contributed by atoms with van der Waals surface area (Å²) in [5, 5.41) is 7.85. The number of benzene rings is 10. The molecule has 0 atom stereocenters. The van der Waals surface area contributed by atoms with Gasteiger partial charge in [0.2, 0.25) is 0 Å². The molecule has 0 N–H and O–H groups in total. The summed E-state index contributed by atoms with van der Waals surface area (Å²) in [5.74, 6) is 0.877. The van der Waals surface area contributed by atoms with Crippen molar-refractivity contribution in [1.82, 2.24) is 0 Å². The standard InChI is InChI=1S/C78H74N2S2/c1-45(2)47-31-35-49(36-32-47)79(67-29-19-25-57-55-23-17-27-61(75(5,6)7)71(55)81-73(57)67)51-39-40-52-59-42-65-60(43-64(59)77(11,12)63(52)41-51)70-54-22-16-15-21-53(54)69(44-66(70)78(65,13)14)80(50-37-33-48(34-38-50)46(3)4)68-30-20-26-58-56-24-18-28-62(76(8,9)10)72(56)82-74(58)68/h15-46H,1-14H3. The molecule has 0 radical (unpaired) electrons. The van der Waals surface area contributed by atoms with Crippen molar-refractivity contribution in [3.8, 4) is 22.3 Å². The van der Waals surface area contributed by atoms with Crippen LogP contribution in [-0.2, 0) is 21.7 Å². The minimum atomic E-state index is -0.293. The molecule has 0 saturated heterocycles. The summed E-state index contributed by atoms with van der Waals surface area (Å²) >= 11 is 3.90. The molecule has 12 aromatic rings. The molecule has 0 aliphatic heterocycles. The van der Waals surface area contributed by atoms with Gasteiger partial charge in [0.15, 0.2) is 0 Å². The van der Waals surface area contributed by atoms with Gasteiger partial charge < -0.3 is 9.80 Å². The number of thiophene rings is 2. The second-order valence-corrected chi connectivity index (χ2v) is 29.4. The molecular weight excluding hydrogens is 1030 g/mol. The first-order chi connectivity index (χ1) is 39.1. The van der Waals surface area contributed by atoms with Crippen LogP contribution < -0.4 is 9.80 Å². The largest absolute Gasteiger partial charge is 0.309 e. The minimum Gasteiger partial charge on any atom is -0.309 e. The van der Waals surface area contributed by atoms with Crippen LogP contribution in [0.4, 0.5) is 34.1 Å². The fourth-order valence-corrected chi connectivity index (χ4v) is 17.2. The first-order valence-corrected chi connectivity index (χ1v) is 31.3. The van der Waals surface area contributed by atoms with Crippen LogP contribution in [0.25, 0.3) is 73.4 Å². The predicted octanol–water partition coefficient (Wildman–Crippen LogP) is 24.0. The monoisotopic (exact) mass is 1100 g/mol. The van der Waals surface area contributed by atoms with Gasteiger partial charge in [-0.05, 0) is 162 Å². The highest BCUT2D eigenvalue weighted by atomic mass is 32.1. The second kappa shape index (κ2) is 18.5. The molecule has 14 rings (SSSR count). The lowest BCUT2D eigenvalue weighted by Gasteiger charge is -2.30. The molecule has 2 aliphatic carbocycles. The molecule has 4 heteroatoms. The van der Waals surface area contributed by atoms with Crippen LogP contribution in [0.5, 0.6) is 0 Å². The van der Waals surface area contributed by atoms with Crippen molar-refractivity contribution >= 4 is 108 Å². The Kier molecular flexibility index (Phi) is 11.9. The van der Waals surface area contributed by atoms with Crippen LogP contribution in [0.3, 0.4) is 0 Å². The van der Waals surface area contributed by atoms with Crippen LogP contribution in [0.1, 0.15) is 153 Å². The molecule has 10 aromatic carbocycles. The molecule has 0 spiro atoms. The summed E-state index contributed by atoms with van der Waals surface area (Å²) in [4.78, 5) is 5.12. The molecule has 2 heterocycles. The van der Waals surface area contributed by atoms with Gasteiger partial charge in [-0.25, -0.2) is 0 Å². The Hall–Kier alpha value is -7.50. The van der Waals surface area contributed by atoms with Crippen LogP contribution in [0.2, 0.25) is 0 Å². The van der Waals surface area contributed by atoms with E-state index in [1.165, 1.54) is 152 Å². The average Bonchev–Trinajstić information content (AvgIpc) is 1.68. The van der Waals surface area contributed by atoms with E-state index in [0.717, 1.165) is 0 Å². The first kappa shape index (κ1) is 52.6. The number of rotatable bonds is 8. The zero-order chi connectivity index (χ0) is 57.1. The number of fused-ring (bicyclic) bond motifs is 14. The summed E-state index contributed by atoms with van der Waals surface area (Å²) < 4.78 is 5.39. The van der Waals surface area contributed by atoms with Crippen molar-refractivity contribution in [2.75, 3.05) is 9.80 Å². The zero-order valence-corrected chi connectivity index (χ0v) is 51.8. The van der Waals surface area contributed by atoms with E-state index in [0.29, 0.717) is 11.8 Å². The van der Waals surface area contributed by atoms with Crippen molar-refractivity contribution in [2.45, 2.75) is 130 Å². The lowest BCUT2D eigenvalue weighted by atomic mass is 9.79. The predicted molar refractivity (Wildman–Crippen MR) is 360 cm³/mol. The summed E-state index contributed by atoms with van der Waals surface area (Å²) in [7, 11) is 0. The Morgan fingerprint density at radius 3 is 1.28 bits per heavy atom. The third-order valence-electron chi connectivity index (χ3n) is 18.7. The van der Waals surface area contributed by atoms with Crippen molar-refractivity contribution in [3.63, 3.8) is 0 Å². The molecule has 408 valence electrons. The van der Waals surface area contributed by atoms with Crippen molar-refractivity contribution in [1.29, 1.82) is 0 Å². The number of hydrogen-bond donors (Lipinski definition) is 0. The van der Waals surface area contributed by atoms with Gasteiger partial charge in [0, 0.05) is 64.2 Å². The van der Waals surface area contributed by atoms with Crippen LogP contribution in [-0.4, -0.2) is 0 Å². The maximum absolute atomic E-state index is 2.60. The highest BCUT2D eigenvalue weighted by Gasteiger charge is 2.43. The number of anilines is 6. The Morgan fingerprint density at radius 2 is 0.756 bits per heavy atom. The lowest BCUT2D eigenvalue weighted by Crippen LogP contribution is -2.18. The summed E-state index contributed by atoms with van der Waals surface area (Å²) in [5.41, 5.74) is 23.0. The van der Waals surface area contributed by atoms with E-state index in [1.54, 1.807) is 0 Å². The minimum absolute atomic E-state index is 0.0129. The van der Waals surface area contributed by atoms with E-state index in [-0.39, 0.29) is 21.7 Å². The third-order valence-corrected chi connectivity index (χ3v) is 21.2. The Balaban J connectivity index is 0.932. The van der Waals surface area contributed by atoms with E-state index >= 15 is 0 Å². The molecule has 0 saturated carbocycles. The van der Waals surface area contributed by atoms with E-state index in [4.69, 9.17) is 0 Å². The van der Waals surface area contributed by atoms with Crippen LogP contribution >= 0.6 is 22.7 Å². The molecule has 0 unspecified atom stereocenters. The van der Waals surface area contributed by atoms with Gasteiger partial charge >= 0.3 is 0 Å². The van der Waals surface area contributed by atoms with Gasteiger partial charge in [-0.3, -0.25) is 0 Å². The van der Waals surface area contributed by atoms with Crippen LogP contribution in [0.15, 0.2) is 182 Å². The quantitative estimate of drug-likeness (QED) is 0.150. The van der Waals surface area contributed by atoms with Gasteiger partial charge in [-0.1, -0.05) is 212 Å². The van der Waals surface area contributed by atoms with Crippen molar-refractivity contribution in [3.05, 3.63) is 226 Å². The van der Waals surface area contributed by atoms with E-state index in [9.17, 15) is 0 Å². The fourth-order valence-electron chi connectivity index (χ4n) is 14.1. The molecular formula is C78H74N2S2. The van der Waals surface area contributed by atoms with Gasteiger partial charge in [-0.2, -0.15) is 0 Å². The van der Waals surface area contributed by atoms with Gasteiger partial charge in [0.25, 0.3) is 0 Å². The number of nitrogens with zero attached hydrogens (tertiary/aromatic N) is 2. The Labute approximate surface area is 493 Å². The topological polar surface area (TPSA) is 6.48 Å². The first-order valence-electron chi connectivity index (χ1n) is 29.7. The molecule has 82 heavy (non-hydrogen) atoms. The molecule has 2 nitrogen and oxygen atoms in total. The highest BCUT2D eigenvalue weighted by Crippen LogP contribution is 2.60. The van der Waals surface area contributed by atoms with Gasteiger partial charge in [0.1, 0.15) is 0 Å². The molecule has 0 fully saturated rings. The fraction of sp³-hybridized carbons (Fsp3) is 0.256. The Morgan fingerprint density at radius 1 is 0.341 bits per heavy atom. The SMILES string of the molecule is CC(C)c1ccc(N(c2ccc3c(c2)C(C)(C)c2cc4c(cc2-3)C(C)(C)c2cc(N(c3ccc(C(C)C)cc3)c3cccc5c3sc3c(C(C)(C)C)cccc35)c3ccccc3c2-4)c2cccc3c2sc2c(C(C)(C)C)cccc23)cc1. The highest BCUT2D eigenvalue weighted by molar-refractivity contribution is 7.27. The molecule has 0 bridgehead atoms. The van der Waals surface area contributed by atoms with E-state index < -0.39 is 0 Å². The smallest absolute Gasteiger partial charge is 0.0640 e. The lowest BCUT2D eigenvalue weighted by molar-refractivity contribution is 0.596. The van der Waals surface area contributed by atoms with Crippen molar-refractivity contribution in [2.24, 2.45) is 0 Å². The number of hydrogen-bond acceptors (Lipinski definition) is 4. The maximum atomic E-state index is 2.60. The normalized spacial score (nSPS) is 14.4. The van der Waals surface area contributed by atoms with E-state index in [2.05, 4.69) is 289 Å². The zero-order valence-electron chi connectivity index (χ0n) is 50.2. The summed E-state index contributed by atoms with van der Waals surface area (Å²) in [6.07, 6.45) is 0. The molecule has 0 amide bonds. The second-order valence-electron chi connectivity index (χ2n) is 27.3. The van der Waals surface area contributed by atoms with E-state index in [1.807, 2.05) is 22.7 Å². The van der Waals surface area contributed by atoms with Gasteiger partial charge in [-0.15, -0.1) is 22.7 Å². The Bertz CT molecular complexity index is 4580. The molecule has 2 aromatic heterocycles. The summed E-state index contributed by atoms with van der Waals surface area (Å²) in [6, 6.07) is 70.8. The van der Waals surface area contributed by atoms with Crippen LogP contribution in [0, 0.1) is 0 Å². The van der Waals surface area contributed by atoms with Gasteiger partial charge in [0.05, 0.1) is 26.5 Å². The maximum Gasteiger partial charge on any atom is 0.0640 e. The third kappa shape index (κ3) is 7.91.